The summed E-state index contributed by atoms with van der Waals surface area (Å²) in [6, 6.07) is 13.7. The maximum Gasteiger partial charge on any atom is 0.303 e. The number of piperazine rings is 1. The van der Waals surface area contributed by atoms with Crippen molar-refractivity contribution in [2.45, 2.75) is 32.3 Å². The van der Waals surface area contributed by atoms with E-state index in [1.165, 1.54) is 5.56 Å². The Morgan fingerprint density at radius 3 is 2.58 bits per heavy atom. The molecule has 0 bridgehead atoms. The molecule has 2 heterocycles. The van der Waals surface area contributed by atoms with Crippen LogP contribution in [0.2, 0.25) is 5.02 Å². The Hall–Kier alpha value is -3.89. The van der Waals surface area contributed by atoms with Gasteiger partial charge >= 0.3 is 5.97 Å². The monoisotopic (exact) mass is 564 g/mol. The van der Waals surface area contributed by atoms with Crippen molar-refractivity contribution in [3.05, 3.63) is 64.2 Å². The Kier molecular flexibility index (Phi) is 8.66. The van der Waals surface area contributed by atoms with Crippen LogP contribution in [0.4, 0.5) is 11.8 Å². The molecule has 2 aromatic carbocycles. The van der Waals surface area contributed by atoms with Gasteiger partial charge in [0.15, 0.2) is 0 Å². The van der Waals surface area contributed by atoms with E-state index in [2.05, 4.69) is 31.2 Å². The van der Waals surface area contributed by atoms with E-state index in [9.17, 15) is 9.59 Å². The van der Waals surface area contributed by atoms with E-state index < -0.39 is 5.97 Å². The van der Waals surface area contributed by atoms with Gasteiger partial charge < -0.3 is 25.8 Å². The number of carbonyl (C=O) groups excluding carboxylic acids is 1. The minimum atomic E-state index is -0.856. The average Bonchev–Trinajstić information content (AvgIpc) is 2.94. The standard InChI is InChI=1S/C29H33ClN6O4/c30-21-6-3-19(4-7-21)18-40-22-8-10-23-20(16-22)5-9-24-27(23)33-29(31)34-28(24)36-14-12-35(13-15-36)17-25(37)32-11-1-2-26(38)39/h3-4,6-8,10,16H,1-2,5,9,11-15,17-18H2,(H,32,37)(H,38,39)(H2,31,33,34). The number of nitrogens with two attached hydrogens (primary N) is 1. The van der Waals surface area contributed by atoms with E-state index in [4.69, 9.17) is 27.2 Å². The van der Waals surface area contributed by atoms with Gasteiger partial charge in [-0.05, 0) is 60.7 Å². The van der Waals surface area contributed by atoms with Gasteiger partial charge in [-0.2, -0.15) is 4.98 Å². The van der Waals surface area contributed by atoms with Crippen LogP contribution in [0.1, 0.15) is 29.5 Å². The molecule has 3 aromatic rings. The second-order valence-electron chi connectivity index (χ2n) is 10.1. The molecule has 1 fully saturated rings. The number of nitrogens with one attached hydrogen (secondary N) is 1. The van der Waals surface area contributed by atoms with Gasteiger partial charge in [0.25, 0.3) is 0 Å². The van der Waals surface area contributed by atoms with Gasteiger partial charge in [0.1, 0.15) is 18.2 Å². The number of aromatic nitrogens is 2. The number of carboxylic acid groups (broad SMARTS) is 1. The molecule has 0 atom stereocenters. The summed E-state index contributed by atoms with van der Waals surface area (Å²) < 4.78 is 6.04. The smallest absolute Gasteiger partial charge is 0.303 e. The van der Waals surface area contributed by atoms with Crippen molar-refractivity contribution in [1.29, 1.82) is 0 Å². The van der Waals surface area contributed by atoms with Gasteiger partial charge in [0, 0.05) is 55.3 Å². The molecule has 11 heteroatoms. The number of rotatable bonds is 10. The topological polar surface area (TPSA) is 134 Å². The average molecular weight is 565 g/mol. The van der Waals surface area contributed by atoms with Crippen LogP contribution in [-0.2, 0) is 29.0 Å². The Balaban J connectivity index is 1.21. The second kappa shape index (κ2) is 12.5. The summed E-state index contributed by atoms with van der Waals surface area (Å²) in [5, 5.41) is 12.2. The summed E-state index contributed by atoms with van der Waals surface area (Å²) in [7, 11) is 0. The van der Waals surface area contributed by atoms with E-state index in [0.717, 1.165) is 59.9 Å². The molecule has 0 unspecified atom stereocenters. The Bertz CT molecular complexity index is 1380. The number of hydrogen-bond acceptors (Lipinski definition) is 8. The molecule has 0 spiro atoms. The number of amides is 1. The van der Waals surface area contributed by atoms with Crippen LogP contribution in [0.3, 0.4) is 0 Å². The molecule has 2 aliphatic rings. The Morgan fingerprint density at radius 2 is 1.82 bits per heavy atom. The van der Waals surface area contributed by atoms with Crippen LogP contribution in [-0.4, -0.2) is 71.1 Å². The van der Waals surface area contributed by atoms with Crippen molar-refractivity contribution >= 4 is 35.2 Å². The normalized spacial score (nSPS) is 14.8. The van der Waals surface area contributed by atoms with Crippen LogP contribution in [0.15, 0.2) is 42.5 Å². The lowest BCUT2D eigenvalue weighted by molar-refractivity contribution is -0.137. The fourth-order valence-corrected chi connectivity index (χ4v) is 5.28. The lowest BCUT2D eigenvalue weighted by Gasteiger charge is -2.36. The lowest BCUT2D eigenvalue weighted by Crippen LogP contribution is -2.50. The molecule has 1 amide bonds. The van der Waals surface area contributed by atoms with E-state index in [0.29, 0.717) is 44.2 Å². The summed E-state index contributed by atoms with van der Waals surface area (Å²) in [5.41, 5.74) is 11.4. The molecule has 210 valence electrons. The highest BCUT2D eigenvalue weighted by Crippen LogP contribution is 2.38. The minimum Gasteiger partial charge on any atom is -0.489 e. The number of carbonyl (C=O) groups is 2. The van der Waals surface area contributed by atoms with E-state index in [1.54, 1.807) is 0 Å². The quantitative estimate of drug-likeness (QED) is 0.317. The summed E-state index contributed by atoms with van der Waals surface area (Å²) in [6.45, 7) is 4.00. The molecule has 4 N–H and O–H groups in total. The van der Waals surface area contributed by atoms with Crippen molar-refractivity contribution in [2.24, 2.45) is 0 Å². The van der Waals surface area contributed by atoms with Gasteiger partial charge in [0.05, 0.1) is 12.2 Å². The predicted octanol–water partition coefficient (Wildman–Crippen LogP) is 3.16. The highest BCUT2D eigenvalue weighted by molar-refractivity contribution is 6.30. The number of anilines is 2. The summed E-state index contributed by atoms with van der Waals surface area (Å²) in [6.07, 6.45) is 2.13. The Morgan fingerprint density at radius 1 is 1.05 bits per heavy atom. The molecule has 5 rings (SSSR count). The van der Waals surface area contributed by atoms with Crippen LogP contribution >= 0.6 is 11.6 Å². The third kappa shape index (κ3) is 6.81. The second-order valence-corrected chi connectivity index (χ2v) is 10.5. The van der Waals surface area contributed by atoms with Gasteiger partial charge in [-0.1, -0.05) is 23.7 Å². The van der Waals surface area contributed by atoms with Crippen molar-refractivity contribution in [2.75, 3.05) is 49.9 Å². The van der Waals surface area contributed by atoms with Crippen LogP contribution in [0.5, 0.6) is 5.75 Å². The lowest BCUT2D eigenvalue weighted by atomic mass is 9.88. The van der Waals surface area contributed by atoms with Crippen molar-refractivity contribution in [1.82, 2.24) is 20.2 Å². The molecule has 10 nitrogen and oxygen atoms in total. The number of ether oxygens (including phenoxy) is 1. The highest BCUT2D eigenvalue weighted by Gasteiger charge is 2.27. The van der Waals surface area contributed by atoms with E-state index in [1.807, 2.05) is 36.4 Å². The summed E-state index contributed by atoms with van der Waals surface area (Å²) in [4.78, 5) is 36.5. The predicted molar refractivity (Wildman–Crippen MR) is 154 cm³/mol. The number of nitrogens with zero attached hydrogens (tertiary/aromatic N) is 4. The zero-order valence-corrected chi connectivity index (χ0v) is 23.0. The first kappa shape index (κ1) is 27.7. The highest BCUT2D eigenvalue weighted by atomic mass is 35.5. The fourth-order valence-electron chi connectivity index (χ4n) is 5.15. The SMILES string of the molecule is Nc1nc2c(c(N3CCN(CC(=O)NCCCC(=O)O)CC3)n1)CCc1cc(OCc3ccc(Cl)cc3)ccc1-2. The number of hydrogen-bond donors (Lipinski definition) is 3. The van der Waals surface area contributed by atoms with Crippen LogP contribution in [0, 0.1) is 0 Å². The van der Waals surface area contributed by atoms with Crippen LogP contribution in [0.25, 0.3) is 11.3 Å². The number of fused-ring (bicyclic) bond motifs is 3. The number of carboxylic acids is 1. The molecule has 1 aromatic heterocycles. The molecule has 1 aliphatic carbocycles. The number of benzene rings is 2. The van der Waals surface area contributed by atoms with Crippen molar-refractivity contribution in [3.63, 3.8) is 0 Å². The molecule has 1 aliphatic heterocycles. The van der Waals surface area contributed by atoms with E-state index >= 15 is 0 Å². The van der Waals surface area contributed by atoms with Crippen molar-refractivity contribution < 1.29 is 19.4 Å². The largest absolute Gasteiger partial charge is 0.489 e. The first-order valence-corrected chi connectivity index (χ1v) is 13.9. The molecule has 1 saturated heterocycles. The van der Waals surface area contributed by atoms with Gasteiger partial charge in [0.2, 0.25) is 11.9 Å². The third-order valence-electron chi connectivity index (χ3n) is 7.23. The van der Waals surface area contributed by atoms with Gasteiger partial charge in [-0.3, -0.25) is 14.5 Å². The van der Waals surface area contributed by atoms with Crippen molar-refractivity contribution in [3.8, 4) is 17.0 Å². The summed E-state index contributed by atoms with van der Waals surface area (Å²) in [5.74, 6) is 0.976. The molecule has 40 heavy (non-hydrogen) atoms. The van der Waals surface area contributed by atoms with Gasteiger partial charge in [-0.15, -0.1) is 0 Å². The molecular weight excluding hydrogens is 532 g/mol. The van der Waals surface area contributed by atoms with Crippen LogP contribution < -0.4 is 20.7 Å². The number of aryl methyl sites for hydroxylation is 1. The maximum absolute atomic E-state index is 12.2. The van der Waals surface area contributed by atoms with Gasteiger partial charge in [-0.25, -0.2) is 4.98 Å². The minimum absolute atomic E-state index is 0.0507. The number of nitrogen functional groups attached to an aromatic ring is 1. The summed E-state index contributed by atoms with van der Waals surface area (Å²) >= 11 is 5.98. The zero-order valence-electron chi connectivity index (χ0n) is 22.2. The first-order valence-electron chi connectivity index (χ1n) is 13.5. The number of halogens is 1. The molecule has 0 saturated carbocycles. The first-order chi connectivity index (χ1) is 19.4. The third-order valence-corrected chi connectivity index (χ3v) is 7.48. The Labute approximate surface area is 238 Å². The maximum atomic E-state index is 12.2. The number of aliphatic carboxylic acids is 1. The van der Waals surface area contributed by atoms with E-state index in [-0.39, 0.29) is 18.3 Å². The fraction of sp³-hybridized carbons (Fsp3) is 0.379. The zero-order chi connectivity index (χ0) is 28.1. The molecule has 0 radical (unpaired) electrons. The molecular formula is C29H33ClN6O4.